The zero-order chi connectivity index (χ0) is 16.7. The van der Waals surface area contributed by atoms with Crippen LogP contribution in [0.3, 0.4) is 0 Å². The van der Waals surface area contributed by atoms with Gasteiger partial charge in [-0.1, -0.05) is 6.07 Å². The summed E-state index contributed by atoms with van der Waals surface area (Å²) in [4.78, 5) is 11.8. The highest BCUT2D eigenvalue weighted by Gasteiger charge is 2.17. The molecule has 0 saturated carbocycles. The zero-order valence-electron chi connectivity index (χ0n) is 13.7. The minimum Gasteiger partial charge on any atom is -0.356 e. The van der Waals surface area contributed by atoms with Crippen LogP contribution in [0.5, 0.6) is 0 Å². The minimum atomic E-state index is -3.56. The van der Waals surface area contributed by atoms with Gasteiger partial charge in [0.1, 0.15) is 0 Å². The number of aryl methyl sites for hydroxylation is 2. The predicted molar refractivity (Wildman–Crippen MR) is 96.8 cm³/mol. The molecular formula is C16H26ClN3O3S. The van der Waals surface area contributed by atoms with Crippen LogP contribution in [0.4, 0.5) is 0 Å². The van der Waals surface area contributed by atoms with Gasteiger partial charge in [0, 0.05) is 19.5 Å². The molecule has 0 atom stereocenters. The molecule has 1 amide bonds. The third kappa shape index (κ3) is 6.05. The van der Waals surface area contributed by atoms with Crippen LogP contribution in [0.1, 0.15) is 36.8 Å². The van der Waals surface area contributed by atoms with Gasteiger partial charge >= 0.3 is 0 Å². The molecule has 0 bridgehead atoms. The fourth-order valence-electron chi connectivity index (χ4n) is 2.68. The lowest BCUT2D eigenvalue weighted by molar-refractivity contribution is -0.120. The first-order valence-electron chi connectivity index (χ1n) is 8.11. The highest BCUT2D eigenvalue weighted by atomic mass is 35.5. The number of nitrogens with one attached hydrogen (secondary N) is 2. The number of carbonyl (C=O) groups is 1. The van der Waals surface area contributed by atoms with E-state index in [1.807, 2.05) is 6.07 Å². The van der Waals surface area contributed by atoms with Crippen LogP contribution in [0, 0.1) is 0 Å². The second kappa shape index (κ2) is 9.98. The van der Waals surface area contributed by atoms with E-state index in [0.29, 0.717) is 19.5 Å². The molecule has 136 valence electrons. The molecule has 0 spiro atoms. The predicted octanol–water partition coefficient (Wildman–Crippen LogP) is 1.12. The summed E-state index contributed by atoms with van der Waals surface area (Å²) in [6.07, 6.45) is 5.05. The smallest absolute Gasteiger partial charge is 0.240 e. The Bertz CT molecular complexity index is 650. The van der Waals surface area contributed by atoms with Crippen molar-refractivity contribution in [3.8, 4) is 0 Å². The largest absolute Gasteiger partial charge is 0.356 e. The summed E-state index contributed by atoms with van der Waals surface area (Å²) in [6, 6.07) is 5.31. The second-order valence-electron chi connectivity index (χ2n) is 5.78. The molecule has 0 fully saturated rings. The first kappa shape index (κ1) is 20.9. The van der Waals surface area contributed by atoms with Gasteiger partial charge in [-0.3, -0.25) is 4.79 Å². The van der Waals surface area contributed by atoms with Crippen molar-refractivity contribution < 1.29 is 13.2 Å². The maximum absolute atomic E-state index is 12.3. The van der Waals surface area contributed by atoms with Crippen molar-refractivity contribution in [1.82, 2.24) is 10.0 Å². The van der Waals surface area contributed by atoms with E-state index in [1.54, 1.807) is 12.1 Å². The molecule has 1 aliphatic carbocycles. The summed E-state index contributed by atoms with van der Waals surface area (Å²) in [6.45, 7) is 1.13. The van der Waals surface area contributed by atoms with Crippen LogP contribution < -0.4 is 15.8 Å². The van der Waals surface area contributed by atoms with E-state index < -0.39 is 10.0 Å². The lowest BCUT2D eigenvalue weighted by Crippen LogP contribution is -2.31. The van der Waals surface area contributed by atoms with Crippen molar-refractivity contribution in [3.63, 3.8) is 0 Å². The normalized spacial score (nSPS) is 13.7. The summed E-state index contributed by atoms with van der Waals surface area (Å²) < 4.78 is 27.1. The Kier molecular flexibility index (Phi) is 8.69. The van der Waals surface area contributed by atoms with Crippen molar-refractivity contribution in [2.24, 2.45) is 5.73 Å². The summed E-state index contributed by atoms with van der Waals surface area (Å²) in [7, 11) is -3.56. The van der Waals surface area contributed by atoms with Gasteiger partial charge in [-0.15, -0.1) is 12.4 Å². The van der Waals surface area contributed by atoms with Crippen LogP contribution in [0.15, 0.2) is 23.1 Å². The molecule has 0 unspecified atom stereocenters. The summed E-state index contributed by atoms with van der Waals surface area (Å²) in [5.41, 5.74) is 7.71. The Morgan fingerprint density at radius 2 is 1.83 bits per heavy atom. The maximum atomic E-state index is 12.3. The molecular weight excluding hydrogens is 350 g/mol. The number of sulfonamides is 1. The highest BCUT2D eigenvalue weighted by molar-refractivity contribution is 7.89. The number of carbonyl (C=O) groups excluding carboxylic acids is 1. The average Bonchev–Trinajstić information content (AvgIpc) is 2.54. The molecule has 1 aromatic carbocycles. The third-order valence-corrected chi connectivity index (χ3v) is 5.44. The topological polar surface area (TPSA) is 101 Å². The Balaban J connectivity index is 0.00000288. The minimum absolute atomic E-state index is 0. The first-order valence-corrected chi connectivity index (χ1v) is 9.59. The van der Waals surface area contributed by atoms with Crippen LogP contribution in [0.25, 0.3) is 0 Å². The highest BCUT2D eigenvalue weighted by Crippen LogP contribution is 2.23. The lowest BCUT2D eigenvalue weighted by Gasteiger charge is -2.16. The summed E-state index contributed by atoms with van der Waals surface area (Å²) in [5, 5.41) is 2.70. The standard InChI is InChI=1S/C16H25N3O3S.ClH/c17-9-3-10-18-16(20)8-11-19-23(21,22)15-7-6-13-4-1-2-5-14(13)12-15;/h6-7,12,19H,1-5,8-11,17H2,(H,18,20);1H. The van der Waals surface area contributed by atoms with E-state index in [1.165, 1.54) is 5.56 Å². The van der Waals surface area contributed by atoms with E-state index >= 15 is 0 Å². The van der Waals surface area contributed by atoms with E-state index in [-0.39, 0.29) is 36.2 Å². The van der Waals surface area contributed by atoms with Gasteiger partial charge in [-0.05, 0) is 61.9 Å². The number of amides is 1. The Morgan fingerprint density at radius 1 is 1.12 bits per heavy atom. The van der Waals surface area contributed by atoms with Gasteiger partial charge in [-0.25, -0.2) is 13.1 Å². The van der Waals surface area contributed by atoms with Gasteiger partial charge in [0.05, 0.1) is 4.90 Å². The molecule has 0 heterocycles. The van der Waals surface area contributed by atoms with Crippen molar-refractivity contribution >= 4 is 28.3 Å². The van der Waals surface area contributed by atoms with Crippen LogP contribution in [0.2, 0.25) is 0 Å². The number of benzene rings is 1. The van der Waals surface area contributed by atoms with E-state index in [4.69, 9.17) is 5.73 Å². The van der Waals surface area contributed by atoms with Gasteiger partial charge in [0.15, 0.2) is 0 Å². The van der Waals surface area contributed by atoms with Gasteiger partial charge in [0.2, 0.25) is 15.9 Å². The van der Waals surface area contributed by atoms with Crippen LogP contribution in [-0.2, 0) is 27.7 Å². The van der Waals surface area contributed by atoms with Gasteiger partial charge in [0.25, 0.3) is 0 Å². The fourth-order valence-corrected chi connectivity index (χ4v) is 3.76. The molecule has 0 aromatic heterocycles. The monoisotopic (exact) mass is 375 g/mol. The average molecular weight is 376 g/mol. The molecule has 6 nitrogen and oxygen atoms in total. The Morgan fingerprint density at radius 3 is 2.54 bits per heavy atom. The Hall–Kier alpha value is -1.15. The molecule has 0 saturated heterocycles. The van der Waals surface area contributed by atoms with Crippen molar-refractivity contribution in [2.45, 2.75) is 43.4 Å². The number of hydrogen-bond acceptors (Lipinski definition) is 4. The van der Waals surface area contributed by atoms with Crippen molar-refractivity contribution in [2.75, 3.05) is 19.6 Å². The van der Waals surface area contributed by atoms with E-state index in [2.05, 4.69) is 10.0 Å². The quantitative estimate of drug-likeness (QED) is 0.592. The van der Waals surface area contributed by atoms with Gasteiger partial charge < -0.3 is 11.1 Å². The van der Waals surface area contributed by atoms with Crippen molar-refractivity contribution in [1.29, 1.82) is 0 Å². The number of halogens is 1. The number of rotatable bonds is 8. The molecule has 4 N–H and O–H groups in total. The zero-order valence-corrected chi connectivity index (χ0v) is 15.3. The molecule has 8 heteroatoms. The summed E-state index contributed by atoms with van der Waals surface area (Å²) >= 11 is 0. The van der Waals surface area contributed by atoms with Crippen LogP contribution in [-0.4, -0.2) is 34.0 Å². The van der Waals surface area contributed by atoms with E-state index in [9.17, 15) is 13.2 Å². The fraction of sp³-hybridized carbons (Fsp3) is 0.562. The summed E-state index contributed by atoms with van der Waals surface area (Å²) in [5.74, 6) is -0.174. The lowest BCUT2D eigenvalue weighted by atomic mass is 9.92. The van der Waals surface area contributed by atoms with Gasteiger partial charge in [-0.2, -0.15) is 0 Å². The molecule has 0 radical (unpaired) electrons. The SMILES string of the molecule is Cl.NCCCNC(=O)CCNS(=O)(=O)c1ccc2c(c1)CCCC2. The molecule has 24 heavy (non-hydrogen) atoms. The Labute approximate surface area is 150 Å². The molecule has 0 aliphatic heterocycles. The number of hydrogen-bond donors (Lipinski definition) is 3. The molecule has 1 aromatic rings. The maximum Gasteiger partial charge on any atom is 0.240 e. The third-order valence-electron chi connectivity index (χ3n) is 3.98. The van der Waals surface area contributed by atoms with Crippen molar-refractivity contribution in [3.05, 3.63) is 29.3 Å². The first-order chi connectivity index (χ1) is 11.0. The molecule has 2 rings (SSSR count). The second-order valence-corrected chi connectivity index (χ2v) is 7.54. The number of fused-ring (bicyclic) bond motifs is 1. The van der Waals surface area contributed by atoms with E-state index in [0.717, 1.165) is 31.2 Å². The van der Waals surface area contributed by atoms with Crippen LogP contribution >= 0.6 is 12.4 Å². The molecule has 1 aliphatic rings. The number of nitrogens with two attached hydrogens (primary N) is 1.